The van der Waals surface area contributed by atoms with Crippen molar-refractivity contribution in [2.45, 2.75) is 20.8 Å². The molecule has 0 bridgehead atoms. The highest BCUT2D eigenvalue weighted by atomic mass is 16.5. The maximum Gasteiger partial charge on any atom is 0.207 e. The van der Waals surface area contributed by atoms with Gasteiger partial charge in [0, 0.05) is 0 Å². The van der Waals surface area contributed by atoms with E-state index >= 15 is 0 Å². The van der Waals surface area contributed by atoms with E-state index in [-0.39, 0.29) is 5.75 Å². The van der Waals surface area contributed by atoms with Crippen LogP contribution in [-0.2, 0) is 0 Å². The Labute approximate surface area is 95.8 Å². The lowest BCUT2D eigenvalue weighted by Gasteiger charge is -2.15. The maximum atomic E-state index is 9.68. The summed E-state index contributed by atoms with van der Waals surface area (Å²) in [5.74, 6) is 1.46. The molecule has 0 saturated carbocycles. The molecule has 1 N–H and O–H groups in total. The van der Waals surface area contributed by atoms with E-state index in [0.29, 0.717) is 37.1 Å². The number of aromatic hydroxyl groups is 1. The summed E-state index contributed by atoms with van der Waals surface area (Å²) in [4.78, 5) is 0. The van der Waals surface area contributed by atoms with Crippen molar-refractivity contribution in [3.63, 3.8) is 0 Å². The van der Waals surface area contributed by atoms with Crippen LogP contribution in [-0.4, -0.2) is 24.9 Å². The fraction of sp³-hybridized carbons (Fsp3) is 0.500. The standard InChI is InChI=1S/C12H18O4/c1-4-14-10-8-7-9(13)11(15-5-2)12(10)16-6-3/h7-8,13H,4-6H2,1-3H3. The molecule has 4 heteroatoms. The summed E-state index contributed by atoms with van der Waals surface area (Å²) in [6, 6.07) is 3.21. The van der Waals surface area contributed by atoms with Gasteiger partial charge in [-0.2, -0.15) is 0 Å². The molecule has 0 aliphatic heterocycles. The zero-order valence-corrected chi connectivity index (χ0v) is 9.95. The molecule has 0 radical (unpaired) electrons. The number of phenols is 1. The van der Waals surface area contributed by atoms with E-state index in [2.05, 4.69) is 0 Å². The Morgan fingerprint density at radius 3 is 2.00 bits per heavy atom. The summed E-state index contributed by atoms with van der Waals surface area (Å²) in [5, 5.41) is 9.68. The summed E-state index contributed by atoms with van der Waals surface area (Å²) >= 11 is 0. The highest BCUT2D eigenvalue weighted by Gasteiger charge is 2.16. The van der Waals surface area contributed by atoms with E-state index in [1.165, 1.54) is 0 Å². The molecule has 0 saturated heterocycles. The number of ether oxygens (including phenoxy) is 3. The van der Waals surface area contributed by atoms with Crippen molar-refractivity contribution in [3.05, 3.63) is 12.1 Å². The van der Waals surface area contributed by atoms with Gasteiger partial charge in [-0.05, 0) is 32.9 Å². The summed E-state index contributed by atoms with van der Waals surface area (Å²) in [6.45, 7) is 7.10. The number of hydrogen-bond donors (Lipinski definition) is 1. The van der Waals surface area contributed by atoms with Gasteiger partial charge >= 0.3 is 0 Å². The van der Waals surface area contributed by atoms with Crippen molar-refractivity contribution >= 4 is 0 Å². The minimum absolute atomic E-state index is 0.0637. The largest absolute Gasteiger partial charge is 0.504 e. The molecular weight excluding hydrogens is 208 g/mol. The molecule has 16 heavy (non-hydrogen) atoms. The Hall–Kier alpha value is -1.58. The van der Waals surface area contributed by atoms with Gasteiger partial charge in [-0.25, -0.2) is 0 Å². The summed E-state index contributed by atoms with van der Waals surface area (Å²) in [5.41, 5.74) is 0. The summed E-state index contributed by atoms with van der Waals surface area (Å²) in [7, 11) is 0. The number of hydrogen-bond acceptors (Lipinski definition) is 4. The SMILES string of the molecule is CCOc1ccc(O)c(OCC)c1OCC. The lowest BCUT2D eigenvalue weighted by atomic mass is 10.2. The molecule has 0 fully saturated rings. The monoisotopic (exact) mass is 226 g/mol. The first-order chi connectivity index (χ1) is 7.74. The van der Waals surface area contributed by atoms with E-state index in [0.717, 1.165) is 0 Å². The van der Waals surface area contributed by atoms with E-state index in [9.17, 15) is 5.11 Å². The lowest BCUT2D eigenvalue weighted by molar-refractivity contribution is 0.252. The van der Waals surface area contributed by atoms with Crippen molar-refractivity contribution < 1.29 is 19.3 Å². The molecule has 0 spiro atoms. The van der Waals surface area contributed by atoms with Gasteiger partial charge < -0.3 is 19.3 Å². The number of phenolic OH excluding ortho intramolecular Hbond substituents is 1. The average molecular weight is 226 g/mol. The van der Waals surface area contributed by atoms with Gasteiger partial charge in [0.1, 0.15) is 0 Å². The average Bonchev–Trinajstić information content (AvgIpc) is 2.27. The van der Waals surface area contributed by atoms with Crippen LogP contribution < -0.4 is 14.2 Å². The van der Waals surface area contributed by atoms with Crippen LogP contribution in [0.4, 0.5) is 0 Å². The first-order valence-corrected chi connectivity index (χ1v) is 5.48. The van der Waals surface area contributed by atoms with E-state index in [1.54, 1.807) is 12.1 Å². The third kappa shape index (κ3) is 2.72. The van der Waals surface area contributed by atoms with Crippen LogP contribution in [0.3, 0.4) is 0 Å². The predicted octanol–water partition coefficient (Wildman–Crippen LogP) is 2.59. The van der Waals surface area contributed by atoms with Crippen LogP contribution in [0.25, 0.3) is 0 Å². The number of rotatable bonds is 6. The molecule has 90 valence electrons. The molecular formula is C12H18O4. The fourth-order valence-electron chi connectivity index (χ4n) is 1.37. The Balaban J connectivity index is 3.14. The third-order valence-corrected chi connectivity index (χ3v) is 1.93. The van der Waals surface area contributed by atoms with Crippen LogP contribution in [0.5, 0.6) is 23.0 Å². The lowest BCUT2D eigenvalue weighted by Crippen LogP contribution is -2.02. The van der Waals surface area contributed by atoms with Gasteiger partial charge in [-0.3, -0.25) is 0 Å². The zero-order chi connectivity index (χ0) is 12.0. The second kappa shape index (κ2) is 6.10. The molecule has 4 nitrogen and oxygen atoms in total. The molecule has 0 atom stereocenters. The first kappa shape index (κ1) is 12.5. The van der Waals surface area contributed by atoms with Gasteiger partial charge in [0.25, 0.3) is 0 Å². The van der Waals surface area contributed by atoms with Gasteiger partial charge in [0.15, 0.2) is 11.5 Å². The van der Waals surface area contributed by atoms with Crippen LogP contribution >= 0.6 is 0 Å². The topological polar surface area (TPSA) is 47.9 Å². The smallest absolute Gasteiger partial charge is 0.207 e. The first-order valence-electron chi connectivity index (χ1n) is 5.48. The Bertz CT molecular complexity index is 336. The minimum atomic E-state index is 0.0637. The molecule has 1 aromatic carbocycles. The minimum Gasteiger partial charge on any atom is -0.504 e. The van der Waals surface area contributed by atoms with E-state index in [1.807, 2.05) is 20.8 Å². The molecule has 0 aromatic heterocycles. The Morgan fingerprint density at radius 2 is 1.44 bits per heavy atom. The van der Waals surface area contributed by atoms with Crippen molar-refractivity contribution in [2.75, 3.05) is 19.8 Å². The van der Waals surface area contributed by atoms with Crippen LogP contribution in [0.15, 0.2) is 12.1 Å². The highest BCUT2D eigenvalue weighted by molar-refractivity contribution is 5.58. The van der Waals surface area contributed by atoms with E-state index < -0.39 is 0 Å². The van der Waals surface area contributed by atoms with Gasteiger partial charge in [0.05, 0.1) is 19.8 Å². The predicted molar refractivity (Wildman–Crippen MR) is 61.6 cm³/mol. The van der Waals surface area contributed by atoms with Gasteiger partial charge in [-0.1, -0.05) is 0 Å². The summed E-state index contributed by atoms with van der Waals surface area (Å²) in [6.07, 6.45) is 0. The van der Waals surface area contributed by atoms with Crippen molar-refractivity contribution in [1.82, 2.24) is 0 Å². The summed E-state index contributed by atoms with van der Waals surface area (Å²) < 4.78 is 16.2. The third-order valence-electron chi connectivity index (χ3n) is 1.93. The second-order valence-corrected chi connectivity index (χ2v) is 3.04. The quantitative estimate of drug-likeness (QED) is 0.810. The van der Waals surface area contributed by atoms with Crippen molar-refractivity contribution in [1.29, 1.82) is 0 Å². The van der Waals surface area contributed by atoms with Crippen LogP contribution in [0.2, 0.25) is 0 Å². The molecule has 1 aromatic rings. The zero-order valence-electron chi connectivity index (χ0n) is 9.95. The number of benzene rings is 1. The second-order valence-electron chi connectivity index (χ2n) is 3.04. The van der Waals surface area contributed by atoms with Crippen molar-refractivity contribution in [3.8, 4) is 23.0 Å². The highest BCUT2D eigenvalue weighted by Crippen LogP contribution is 2.43. The molecule has 1 rings (SSSR count). The van der Waals surface area contributed by atoms with Gasteiger partial charge in [0.2, 0.25) is 11.5 Å². The molecule has 0 heterocycles. The van der Waals surface area contributed by atoms with Crippen LogP contribution in [0.1, 0.15) is 20.8 Å². The molecule has 0 aliphatic rings. The molecule has 0 unspecified atom stereocenters. The fourth-order valence-corrected chi connectivity index (χ4v) is 1.37. The van der Waals surface area contributed by atoms with E-state index in [4.69, 9.17) is 14.2 Å². The normalized spacial score (nSPS) is 9.94. The van der Waals surface area contributed by atoms with Gasteiger partial charge in [-0.15, -0.1) is 0 Å². The maximum absolute atomic E-state index is 9.68. The van der Waals surface area contributed by atoms with Crippen molar-refractivity contribution in [2.24, 2.45) is 0 Å². The van der Waals surface area contributed by atoms with Crippen LogP contribution in [0, 0.1) is 0 Å². The Kier molecular flexibility index (Phi) is 4.76. The molecule has 0 aliphatic carbocycles. The molecule has 0 amide bonds. The Morgan fingerprint density at radius 1 is 0.875 bits per heavy atom.